The molecule has 2 heterocycles. The highest BCUT2D eigenvalue weighted by atomic mass is 15.3. The van der Waals surface area contributed by atoms with E-state index >= 15 is 0 Å². The van der Waals surface area contributed by atoms with Gasteiger partial charge >= 0.3 is 0 Å². The molecule has 6 nitrogen and oxygen atoms in total. The van der Waals surface area contributed by atoms with Crippen molar-refractivity contribution in [2.75, 3.05) is 0 Å². The molecule has 0 bridgehead atoms. The lowest BCUT2D eigenvalue weighted by atomic mass is 10.1. The topological polar surface area (TPSA) is 83.1 Å². The van der Waals surface area contributed by atoms with Crippen LogP contribution >= 0.6 is 0 Å². The minimum absolute atomic E-state index is 1.31. The third kappa shape index (κ3) is 4.69. The zero-order valence-corrected chi connectivity index (χ0v) is 10.7. The molecule has 0 aliphatic carbocycles. The highest BCUT2D eigenvalue weighted by molar-refractivity contribution is 5.81. The average molecular weight is 266 g/mol. The van der Waals surface area contributed by atoms with Crippen LogP contribution in [0.5, 0.6) is 0 Å². The van der Waals surface area contributed by atoms with Crippen molar-refractivity contribution in [1.29, 1.82) is 0 Å². The highest BCUT2D eigenvalue weighted by Crippen LogP contribution is 2.11. The fraction of sp³-hybridized carbons (Fsp3) is 0. The molecule has 0 saturated carbocycles. The summed E-state index contributed by atoms with van der Waals surface area (Å²) >= 11 is 0. The molecule has 0 aliphatic heterocycles. The fourth-order valence-corrected chi connectivity index (χ4v) is 1.47. The normalized spacial score (nSPS) is 9.00. The average Bonchev–Trinajstić information content (AvgIpc) is 3.25. The Morgan fingerprint density at radius 2 is 1.00 bits per heavy atom. The van der Waals surface area contributed by atoms with Crippen molar-refractivity contribution >= 4 is 10.8 Å². The van der Waals surface area contributed by atoms with Crippen LogP contribution in [-0.2, 0) is 0 Å². The highest BCUT2D eigenvalue weighted by Gasteiger charge is 1.85. The molecular formula is C14H14N6. The number of fused-ring (bicyclic) bond motifs is 1. The van der Waals surface area contributed by atoms with Crippen molar-refractivity contribution in [3.8, 4) is 0 Å². The molecule has 4 rings (SSSR count). The Morgan fingerprint density at radius 3 is 1.20 bits per heavy atom. The summed E-state index contributed by atoms with van der Waals surface area (Å²) in [6, 6.07) is 16.7. The number of hydrogen-bond acceptors (Lipinski definition) is 4. The molecule has 4 aromatic rings. The van der Waals surface area contributed by atoms with Gasteiger partial charge in [-0.3, -0.25) is 10.2 Å². The van der Waals surface area contributed by atoms with E-state index in [0.717, 1.165) is 0 Å². The lowest BCUT2D eigenvalue weighted by Gasteiger charge is -1.92. The smallest absolute Gasteiger partial charge is 0.0690 e. The van der Waals surface area contributed by atoms with Crippen molar-refractivity contribution < 1.29 is 0 Å². The molecule has 2 N–H and O–H groups in total. The third-order valence-electron chi connectivity index (χ3n) is 2.32. The van der Waals surface area contributed by atoms with Crippen LogP contribution in [0.3, 0.4) is 0 Å². The van der Waals surface area contributed by atoms with Crippen molar-refractivity contribution in [1.82, 2.24) is 30.8 Å². The molecular weight excluding hydrogens is 252 g/mol. The number of hydrogen-bond donors (Lipinski definition) is 2. The van der Waals surface area contributed by atoms with Gasteiger partial charge in [-0.15, -0.1) is 10.2 Å². The van der Waals surface area contributed by atoms with Crippen LogP contribution in [0, 0.1) is 0 Å². The first kappa shape index (κ1) is 13.4. The van der Waals surface area contributed by atoms with E-state index in [1.807, 2.05) is 0 Å². The Hall–Kier alpha value is -3.02. The first-order chi connectivity index (χ1) is 9.97. The zero-order valence-electron chi connectivity index (χ0n) is 10.7. The van der Waals surface area contributed by atoms with Crippen molar-refractivity contribution in [2.24, 2.45) is 0 Å². The van der Waals surface area contributed by atoms with Gasteiger partial charge in [0.15, 0.2) is 0 Å². The van der Waals surface area contributed by atoms with E-state index in [0.29, 0.717) is 0 Å². The second-order valence-electron chi connectivity index (χ2n) is 3.67. The molecule has 6 heteroatoms. The van der Waals surface area contributed by atoms with Gasteiger partial charge in [0.05, 0.1) is 12.4 Å². The van der Waals surface area contributed by atoms with Crippen LogP contribution in [0.1, 0.15) is 0 Å². The van der Waals surface area contributed by atoms with Gasteiger partial charge in [-0.25, -0.2) is 0 Å². The van der Waals surface area contributed by atoms with Crippen molar-refractivity contribution in [3.05, 3.63) is 73.3 Å². The fourth-order valence-electron chi connectivity index (χ4n) is 1.47. The number of nitrogens with one attached hydrogen (secondary N) is 2. The van der Waals surface area contributed by atoms with Gasteiger partial charge in [0.25, 0.3) is 0 Å². The molecule has 0 unspecified atom stereocenters. The monoisotopic (exact) mass is 266 g/mol. The maximum absolute atomic E-state index is 3.42. The van der Waals surface area contributed by atoms with Gasteiger partial charge in [-0.2, -0.15) is 0 Å². The summed E-state index contributed by atoms with van der Waals surface area (Å²) in [5.74, 6) is 0. The molecule has 0 aliphatic rings. The molecule has 100 valence electrons. The van der Waals surface area contributed by atoms with Crippen molar-refractivity contribution in [2.45, 2.75) is 0 Å². The number of aromatic amines is 2. The maximum atomic E-state index is 3.42. The lowest BCUT2D eigenvalue weighted by Crippen LogP contribution is -1.67. The van der Waals surface area contributed by atoms with E-state index < -0.39 is 0 Å². The van der Waals surface area contributed by atoms with Gasteiger partial charge in [-0.1, -0.05) is 59.0 Å². The number of nitrogens with zero attached hydrogens (tertiary/aromatic N) is 4. The van der Waals surface area contributed by atoms with Crippen LogP contribution in [0.25, 0.3) is 10.8 Å². The molecule has 2 aromatic carbocycles. The van der Waals surface area contributed by atoms with Crippen LogP contribution in [-0.4, -0.2) is 30.8 Å². The number of H-pyrrole nitrogens is 2. The minimum Gasteiger partial charge on any atom is -0.266 e. The summed E-state index contributed by atoms with van der Waals surface area (Å²) in [4.78, 5) is 0. The van der Waals surface area contributed by atoms with Crippen LogP contribution in [0.4, 0.5) is 0 Å². The summed E-state index contributed by atoms with van der Waals surface area (Å²) in [6.07, 6.45) is 6.47. The molecule has 0 fully saturated rings. The Morgan fingerprint density at radius 1 is 0.600 bits per heavy atom. The minimum atomic E-state index is 1.31. The lowest BCUT2D eigenvalue weighted by molar-refractivity contribution is 0.940. The van der Waals surface area contributed by atoms with Crippen LogP contribution in [0.15, 0.2) is 73.3 Å². The summed E-state index contributed by atoms with van der Waals surface area (Å²) in [6.45, 7) is 0. The Bertz CT molecular complexity index is 550. The van der Waals surface area contributed by atoms with Gasteiger partial charge in [-0.05, 0) is 10.8 Å². The first-order valence-electron chi connectivity index (χ1n) is 6.01. The second-order valence-corrected chi connectivity index (χ2v) is 3.67. The Kier molecular flexibility index (Phi) is 5.46. The van der Waals surface area contributed by atoms with Gasteiger partial charge in [0.2, 0.25) is 0 Å². The molecule has 0 saturated heterocycles. The quantitative estimate of drug-likeness (QED) is 0.512. The molecule has 0 radical (unpaired) electrons. The van der Waals surface area contributed by atoms with Crippen LogP contribution in [0.2, 0.25) is 0 Å². The predicted molar refractivity (Wildman–Crippen MR) is 76.7 cm³/mol. The largest absolute Gasteiger partial charge is 0.266 e. The molecule has 0 atom stereocenters. The van der Waals surface area contributed by atoms with Gasteiger partial charge in [0, 0.05) is 12.4 Å². The third-order valence-corrected chi connectivity index (χ3v) is 2.32. The second kappa shape index (κ2) is 8.15. The first-order valence-corrected chi connectivity index (χ1v) is 6.01. The molecule has 20 heavy (non-hydrogen) atoms. The molecule has 0 amide bonds. The van der Waals surface area contributed by atoms with E-state index in [2.05, 4.69) is 79.4 Å². The number of benzene rings is 2. The summed E-state index contributed by atoms with van der Waals surface area (Å²) in [5, 5.41) is 21.1. The predicted octanol–water partition coefficient (Wildman–Crippen LogP) is 2.45. The number of rotatable bonds is 0. The molecule has 0 spiro atoms. The summed E-state index contributed by atoms with van der Waals surface area (Å²) < 4.78 is 0. The summed E-state index contributed by atoms with van der Waals surface area (Å²) in [5.41, 5.74) is 0. The Balaban J connectivity index is 0.000000124. The Labute approximate surface area is 115 Å². The zero-order chi connectivity index (χ0) is 13.9. The van der Waals surface area contributed by atoms with Gasteiger partial charge in [0.1, 0.15) is 0 Å². The van der Waals surface area contributed by atoms with E-state index in [4.69, 9.17) is 0 Å². The van der Waals surface area contributed by atoms with Crippen LogP contribution < -0.4 is 0 Å². The molecule has 2 aromatic heterocycles. The van der Waals surface area contributed by atoms with Crippen molar-refractivity contribution in [3.63, 3.8) is 0 Å². The van der Waals surface area contributed by atoms with E-state index in [-0.39, 0.29) is 0 Å². The number of aromatic nitrogens is 6. The van der Waals surface area contributed by atoms with E-state index in [1.54, 1.807) is 24.8 Å². The SMILES string of the molecule is c1c[nH]nn1.c1c[nH]nn1.c1ccc2ccccc2c1. The van der Waals surface area contributed by atoms with Gasteiger partial charge < -0.3 is 0 Å². The summed E-state index contributed by atoms with van der Waals surface area (Å²) in [7, 11) is 0. The maximum Gasteiger partial charge on any atom is 0.0690 e. The van der Waals surface area contributed by atoms with E-state index in [1.165, 1.54) is 10.8 Å². The van der Waals surface area contributed by atoms with E-state index in [9.17, 15) is 0 Å². The standard InChI is InChI=1S/C10H8.2C2H3N3/c1-2-6-10-8-4-3-7-9(10)5-1;2*1-2-4-5-3-1/h1-8H;2*1-2H,(H,3,4,5).